The summed E-state index contributed by atoms with van der Waals surface area (Å²) in [6, 6.07) is 3.88. The molecule has 0 radical (unpaired) electrons. The Labute approximate surface area is 138 Å². The average Bonchev–Trinajstić information content (AvgIpc) is 2.92. The highest BCUT2D eigenvalue weighted by Crippen LogP contribution is 2.20. The quantitative estimate of drug-likeness (QED) is 0.602. The molecule has 0 atom stereocenters. The molecule has 2 N–H and O–H groups in total. The minimum absolute atomic E-state index is 0.114. The van der Waals surface area contributed by atoms with Gasteiger partial charge in [-0.3, -0.25) is 0 Å². The molecule has 124 valence electrons. The van der Waals surface area contributed by atoms with E-state index < -0.39 is 11.8 Å². The molecule has 1 aromatic heterocycles. The van der Waals surface area contributed by atoms with Crippen LogP contribution in [-0.2, 0) is 7.05 Å². The smallest absolute Gasteiger partial charge is 0.319 e. The van der Waals surface area contributed by atoms with Crippen LogP contribution in [0.15, 0.2) is 35.7 Å². The van der Waals surface area contributed by atoms with Crippen LogP contribution in [-0.4, -0.2) is 34.5 Å². The van der Waals surface area contributed by atoms with Gasteiger partial charge in [0.05, 0.1) is 12.3 Å². The van der Waals surface area contributed by atoms with Gasteiger partial charge in [0.15, 0.2) is 5.16 Å². The number of nitrogens with one attached hydrogen (secondary N) is 2. The van der Waals surface area contributed by atoms with Gasteiger partial charge in [-0.1, -0.05) is 11.8 Å². The first-order valence-electron chi connectivity index (χ1n) is 7.17. The van der Waals surface area contributed by atoms with Gasteiger partial charge in [-0.25, -0.2) is 14.2 Å². The Morgan fingerprint density at radius 1 is 1.48 bits per heavy atom. The van der Waals surface area contributed by atoms with Crippen molar-refractivity contribution in [3.8, 4) is 5.75 Å². The van der Waals surface area contributed by atoms with Crippen molar-refractivity contribution in [1.82, 2.24) is 14.9 Å². The molecule has 0 bridgehead atoms. The summed E-state index contributed by atoms with van der Waals surface area (Å²) < 4.78 is 20.9. The number of ether oxygens (including phenoxy) is 1. The van der Waals surface area contributed by atoms with E-state index in [1.165, 1.54) is 23.9 Å². The number of carbonyl (C=O) groups excluding carboxylic acids is 1. The van der Waals surface area contributed by atoms with Crippen molar-refractivity contribution >= 4 is 23.5 Å². The summed E-state index contributed by atoms with van der Waals surface area (Å²) in [5.74, 6) is 0.570. The minimum Gasteiger partial charge on any atom is -0.494 e. The third-order valence-electron chi connectivity index (χ3n) is 2.90. The Balaban J connectivity index is 1.75. The van der Waals surface area contributed by atoms with Crippen molar-refractivity contribution < 1.29 is 13.9 Å². The molecule has 6 nitrogen and oxygen atoms in total. The standard InChI is InChI=1S/C15H19FN4O2S/c1-3-22-11-4-5-13(12(16)10-11)19-14(21)17-7-9-23-15-18-6-8-20(15)2/h4-6,8,10H,3,7,9H2,1-2H3,(H2,17,19,21). The normalized spacial score (nSPS) is 10.4. The monoisotopic (exact) mass is 338 g/mol. The molecule has 0 aliphatic carbocycles. The number of thioether (sulfide) groups is 1. The number of hydrogen-bond acceptors (Lipinski definition) is 4. The van der Waals surface area contributed by atoms with E-state index in [1.807, 2.05) is 24.7 Å². The predicted molar refractivity (Wildman–Crippen MR) is 88.5 cm³/mol. The zero-order valence-electron chi connectivity index (χ0n) is 13.0. The van der Waals surface area contributed by atoms with Crippen LogP contribution in [0.5, 0.6) is 5.75 Å². The van der Waals surface area contributed by atoms with Crippen LogP contribution in [0.4, 0.5) is 14.9 Å². The molecule has 8 heteroatoms. The van der Waals surface area contributed by atoms with E-state index in [0.717, 1.165) is 5.16 Å². The molecular weight excluding hydrogens is 319 g/mol. The second-order valence-electron chi connectivity index (χ2n) is 4.62. The molecule has 23 heavy (non-hydrogen) atoms. The molecule has 0 spiro atoms. The van der Waals surface area contributed by atoms with Gasteiger partial charge in [-0.05, 0) is 19.1 Å². The first-order valence-corrected chi connectivity index (χ1v) is 8.16. The van der Waals surface area contributed by atoms with Crippen molar-refractivity contribution in [3.05, 3.63) is 36.4 Å². The molecule has 2 aromatic rings. The molecule has 2 amide bonds. The van der Waals surface area contributed by atoms with Crippen molar-refractivity contribution in [3.63, 3.8) is 0 Å². The summed E-state index contributed by atoms with van der Waals surface area (Å²) >= 11 is 1.53. The molecule has 0 unspecified atom stereocenters. The Bertz CT molecular complexity index is 663. The van der Waals surface area contributed by atoms with E-state index in [1.54, 1.807) is 12.3 Å². The lowest BCUT2D eigenvalue weighted by atomic mass is 10.3. The number of aromatic nitrogens is 2. The highest BCUT2D eigenvalue weighted by atomic mass is 32.2. The maximum absolute atomic E-state index is 13.8. The number of imidazole rings is 1. The number of carbonyl (C=O) groups is 1. The summed E-state index contributed by atoms with van der Waals surface area (Å²) in [6.45, 7) is 2.73. The van der Waals surface area contributed by atoms with Crippen LogP contribution < -0.4 is 15.4 Å². The fourth-order valence-electron chi connectivity index (χ4n) is 1.82. The summed E-state index contributed by atoms with van der Waals surface area (Å²) in [6.07, 6.45) is 3.58. The lowest BCUT2D eigenvalue weighted by molar-refractivity contribution is 0.252. The molecule has 0 aliphatic rings. The van der Waals surface area contributed by atoms with Crippen LogP contribution in [0.2, 0.25) is 0 Å². The molecule has 0 saturated heterocycles. The number of amides is 2. The number of hydrogen-bond donors (Lipinski definition) is 2. The Hall–Kier alpha value is -2.22. The molecule has 0 aliphatic heterocycles. The van der Waals surface area contributed by atoms with Crippen molar-refractivity contribution in [1.29, 1.82) is 0 Å². The lowest BCUT2D eigenvalue weighted by Gasteiger charge is -2.10. The lowest BCUT2D eigenvalue weighted by Crippen LogP contribution is -2.30. The largest absolute Gasteiger partial charge is 0.494 e. The molecule has 0 fully saturated rings. The highest BCUT2D eigenvalue weighted by molar-refractivity contribution is 7.99. The predicted octanol–water partition coefficient (Wildman–Crippen LogP) is 2.87. The van der Waals surface area contributed by atoms with Gasteiger partial charge >= 0.3 is 6.03 Å². The third kappa shape index (κ3) is 5.17. The van der Waals surface area contributed by atoms with Gasteiger partial charge < -0.3 is 19.9 Å². The number of aryl methyl sites for hydroxylation is 1. The number of rotatable bonds is 7. The number of benzene rings is 1. The summed E-state index contributed by atoms with van der Waals surface area (Å²) in [5, 5.41) is 6.03. The second kappa shape index (κ2) is 8.42. The topological polar surface area (TPSA) is 68.2 Å². The van der Waals surface area contributed by atoms with Gasteiger partial charge in [-0.15, -0.1) is 0 Å². The number of halogens is 1. The van der Waals surface area contributed by atoms with Crippen LogP contribution in [0.25, 0.3) is 0 Å². The Morgan fingerprint density at radius 3 is 2.96 bits per heavy atom. The first-order chi connectivity index (χ1) is 11.1. The van der Waals surface area contributed by atoms with Crippen LogP contribution in [0.3, 0.4) is 0 Å². The number of nitrogens with zero attached hydrogens (tertiary/aromatic N) is 2. The van der Waals surface area contributed by atoms with Gasteiger partial charge in [0, 0.05) is 37.8 Å². The second-order valence-corrected chi connectivity index (χ2v) is 5.69. The van der Waals surface area contributed by atoms with Crippen LogP contribution in [0.1, 0.15) is 6.92 Å². The number of urea groups is 1. The highest BCUT2D eigenvalue weighted by Gasteiger charge is 2.08. The Kier molecular flexibility index (Phi) is 6.28. The van der Waals surface area contributed by atoms with E-state index in [4.69, 9.17) is 4.74 Å². The van der Waals surface area contributed by atoms with Gasteiger partial charge in [0.2, 0.25) is 0 Å². The summed E-state index contributed by atoms with van der Waals surface area (Å²) in [4.78, 5) is 15.9. The minimum atomic E-state index is -0.534. The first kappa shape index (κ1) is 17.1. The maximum atomic E-state index is 13.8. The van der Waals surface area contributed by atoms with E-state index in [-0.39, 0.29) is 5.69 Å². The van der Waals surface area contributed by atoms with E-state index in [2.05, 4.69) is 15.6 Å². The van der Waals surface area contributed by atoms with Crippen molar-refractivity contribution in [2.45, 2.75) is 12.1 Å². The van der Waals surface area contributed by atoms with Gasteiger partial charge in [-0.2, -0.15) is 0 Å². The molecule has 0 saturated carbocycles. The SMILES string of the molecule is CCOc1ccc(NC(=O)NCCSc2nccn2C)c(F)c1. The fourth-order valence-corrected chi connectivity index (χ4v) is 2.60. The summed E-state index contributed by atoms with van der Waals surface area (Å²) in [7, 11) is 1.91. The number of anilines is 1. The van der Waals surface area contributed by atoms with Crippen LogP contribution in [0, 0.1) is 5.82 Å². The fraction of sp³-hybridized carbons (Fsp3) is 0.333. The molecule has 1 aromatic carbocycles. The zero-order valence-corrected chi connectivity index (χ0v) is 13.8. The van der Waals surface area contributed by atoms with Crippen LogP contribution >= 0.6 is 11.8 Å². The third-order valence-corrected chi connectivity index (χ3v) is 3.96. The molecule has 2 rings (SSSR count). The summed E-state index contributed by atoms with van der Waals surface area (Å²) in [5.41, 5.74) is 0.114. The van der Waals surface area contributed by atoms with Gasteiger partial charge in [0.1, 0.15) is 11.6 Å². The van der Waals surface area contributed by atoms with Gasteiger partial charge in [0.25, 0.3) is 0 Å². The Morgan fingerprint density at radius 2 is 2.30 bits per heavy atom. The maximum Gasteiger partial charge on any atom is 0.319 e. The average molecular weight is 338 g/mol. The van der Waals surface area contributed by atoms with Crippen molar-refractivity contribution in [2.24, 2.45) is 7.05 Å². The van der Waals surface area contributed by atoms with Crippen molar-refractivity contribution in [2.75, 3.05) is 24.2 Å². The van der Waals surface area contributed by atoms with E-state index >= 15 is 0 Å². The molecule has 1 heterocycles. The zero-order chi connectivity index (χ0) is 16.7. The van der Waals surface area contributed by atoms with E-state index in [9.17, 15) is 9.18 Å². The van der Waals surface area contributed by atoms with E-state index in [0.29, 0.717) is 24.7 Å². The molecular formula is C15H19FN4O2S.